The van der Waals surface area contributed by atoms with E-state index >= 15 is 0 Å². The summed E-state index contributed by atoms with van der Waals surface area (Å²) in [6, 6.07) is 22.4. The maximum atomic E-state index is 12.1. The van der Waals surface area contributed by atoms with E-state index in [2.05, 4.69) is 20.9 Å². The number of carbonyl (C=O) groups excluding carboxylic acids is 1. The molecule has 0 radical (unpaired) electrons. The molecule has 1 aliphatic rings. The SMILES string of the molecule is O=C1OC(c2ccc(Cl)cc2)=NC1=Cc1ccc(OCc2ccc(Br)cc2)cc1. The van der Waals surface area contributed by atoms with Crippen LogP contribution < -0.4 is 4.74 Å². The summed E-state index contributed by atoms with van der Waals surface area (Å²) in [4.78, 5) is 16.4. The van der Waals surface area contributed by atoms with E-state index in [1.807, 2.05) is 48.5 Å². The van der Waals surface area contributed by atoms with Crippen LogP contribution in [0.2, 0.25) is 5.02 Å². The summed E-state index contributed by atoms with van der Waals surface area (Å²) in [5, 5.41) is 0.608. The Hall–Kier alpha value is -2.89. The molecule has 1 aliphatic heterocycles. The van der Waals surface area contributed by atoms with Crippen molar-refractivity contribution in [2.45, 2.75) is 6.61 Å². The highest BCUT2D eigenvalue weighted by molar-refractivity contribution is 9.10. The Balaban J connectivity index is 1.44. The van der Waals surface area contributed by atoms with Crippen LogP contribution in [0.1, 0.15) is 16.7 Å². The molecule has 0 aromatic heterocycles. The lowest BCUT2D eigenvalue weighted by Crippen LogP contribution is -2.05. The van der Waals surface area contributed by atoms with E-state index in [1.54, 1.807) is 30.3 Å². The molecular formula is C23H15BrClNO3. The van der Waals surface area contributed by atoms with Crippen molar-refractivity contribution in [3.05, 3.63) is 105 Å². The van der Waals surface area contributed by atoms with Gasteiger partial charge in [-0.15, -0.1) is 0 Å². The summed E-state index contributed by atoms with van der Waals surface area (Å²) in [6.45, 7) is 0.481. The number of aliphatic imine (C=N–C) groups is 1. The smallest absolute Gasteiger partial charge is 0.363 e. The van der Waals surface area contributed by atoms with Gasteiger partial charge in [0.1, 0.15) is 12.4 Å². The molecule has 4 nitrogen and oxygen atoms in total. The van der Waals surface area contributed by atoms with Crippen molar-refractivity contribution in [2.24, 2.45) is 4.99 Å². The summed E-state index contributed by atoms with van der Waals surface area (Å²) in [5.41, 5.74) is 2.85. The Bertz CT molecular complexity index is 1090. The molecular weight excluding hydrogens is 454 g/mol. The van der Waals surface area contributed by atoms with Crippen LogP contribution in [-0.2, 0) is 16.1 Å². The quantitative estimate of drug-likeness (QED) is 0.339. The molecule has 0 bridgehead atoms. The summed E-state index contributed by atoms with van der Waals surface area (Å²) in [7, 11) is 0. The van der Waals surface area contributed by atoms with Gasteiger partial charge in [0.25, 0.3) is 0 Å². The van der Waals surface area contributed by atoms with Crippen LogP contribution >= 0.6 is 27.5 Å². The number of hydrogen-bond acceptors (Lipinski definition) is 4. The van der Waals surface area contributed by atoms with Crippen molar-refractivity contribution in [3.8, 4) is 5.75 Å². The fraction of sp³-hybridized carbons (Fsp3) is 0.0435. The largest absolute Gasteiger partial charge is 0.489 e. The minimum Gasteiger partial charge on any atom is -0.489 e. The maximum Gasteiger partial charge on any atom is 0.363 e. The Morgan fingerprint density at radius 2 is 1.66 bits per heavy atom. The van der Waals surface area contributed by atoms with Crippen LogP contribution in [0.25, 0.3) is 6.08 Å². The molecule has 0 fully saturated rings. The number of esters is 1. The van der Waals surface area contributed by atoms with Crippen molar-refractivity contribution in [3.63, 3.8) is 0 Å². The molecule has 0 aliphatic carbocycles. The van der Waals surface area contributed by atoms with Crippen LogP contribution in [0.4, 0.5) is 0 Å². The van der Waals surface area contributed by atoms with Gasteiger partial charge in [0, 0.05) is 15.1 Å². The fourth-order valence-corrected chi connectivity index (χ4v) is 3.08. The molecule has 0 saturated carbocycles. The van der Waals surface area contributed by atoms with Crippen LogP contribution in [-0.4, -0.2) is 11.9 Å². The zero-order valence-electron chi connectivity index (χ0n) is 15.1. The van der Waals surface area contributed by atoms with Gasteiger partial charge in [-0.05, 0) is 65.7 Å². The minimum absolute atomic E-state index is 0.249. The zero-order chi connectivity index (χ0) is 20.2. The predicted octanol–water partition coefficient (Wildman–Crippen LogP) is 6.03. The average Bonchev–Trinajstić information content (AvgIpc) is 3.09. The average molecular weight is 469 g/mol. The first-order valence-corrected chi connectivity index (χ1v) is 10.00. The molecule has 0 N–H and O–H groups in total. The second-order valence-corrected chi connectivity index (χ2v) is 7.68. The highest BCUT2D eigenvalue weighted by Gasteiger charge is 2.24. The first-order chi connectivity index (χ1) is 14.1. The summed E-state index contributed by atoms with van der Waals surface area (Å²) in [5.74, 6) is 0.535. The summed E-state index contributed by atoms with van der Waals surface area (Å²) in [6.07, 6.45) is 1.68. The van der Waals surface area contributed by atoms with E-state index in [1.165, 1.54) is 0 Å². The van der Waals surface area contributed by atoms with Crippen LogP contribution in [0.5, 0.6) is 5.75 Å². The third kappa shape index (κ3) is 4.94. The molecule has 0 amide bonds. The van der Waals surface area contributed by atoms with Gasteiger partial charge in [0.2, 0.25) is 5.90 Å². The summed E-state index contributed by atoms with van der Waals surface area (Å²) < 4.78 is 12.1. The number of carbonyl (C=O) groups is 1. The lowest BCUT2D eigenvalue weighted by atomic mass is 10.2. The van der Waals surface area contributed by atoms with Gasteiger partial charge in [-0.3, -0.25) is 0 Å². The predicted molar refractivity (Wildman–Crippen MR) is 117 cm³/mol. The Morgan fingerprint density at radius 3 is 2.34 bits per heavy atom. The third-order valence-electron chi connectivity index (χ3n) is 4.21. The van der Waals surface area contributed by atoms with Gasteiger partial charge < -0.3 is 9.47 Å². The van der Waals surface area contributed by atoms with Gasteiger partial charge in [-0.2, -0.15) is 0 Å². The lowest BCUT2D eigenvalue weighted by molar-refractivity contribution is -0.129. The molecule has 6 heteroatoms. The van der Waals surface area contributed by atoms with Gasteiger partial charge >= 0.3 is 5.97 Å². The van der Waals surface area contributed by atoms with Gasteiger partial charge in [-0.1, -0.05) is 51.8 Å². The van der Waals surface area contributed by atoms with Gasteiger partial charge in [0.05, 0.1) is 0 Å². The zero-order valence-corrected chi connectivity index (χ0v) is 17.5. The number of halogens is 2. The minimum atomic E-state index is -0.481. The van der Waals surface area contributed by atoms with E-state index in [-0.39, 0.29) is 11.6 Å². The van der Waals surface area contributed by atoms with E-state index in [0.717, 1.165) is 21.3 Å². The Kier molecular flexibility index (Phi) is 5.79. The molecule has 0 unspecified atom stereocenters. The monoisotopic (exact) mass is 467 g/mol. The molecule has 3 aromatic carbocycles. The second kappa shape index (κ2) is 8.64. The molecule has 4 rings (SSSR count). The van der Waals surface area contributed by atoms with E-state index < -0.39 is 5.97 Å². The number of cyclic esters (lactones) is 1. The number of hydrogen-bond donors (Lipinski definition) is 0. The lowest BCUT2D eigenvalue weighted by Gasteiger charge is -2.06. The molecule has 0 saturated heterocycles. The first kappa shape index (κ1) is 19.4. The van der Waals surface area contributed by atoms with E-state index in [0.29, 0.717) is 17.2 Å². The van der Waals surface area contributed by atoms with E-state index in [9.17, 15) is 4.79 Å². The van der Waals surface area contributed by atoms with E-state index in [4.69, 9.17) is 21.1 Å². The van der Waals surface area contributed by atoms with Crippen molar-refractivity contribution in [1.82, 2.24) is 0 Å². The Morgan fingerprint density at radius 1 is 0.966 bits per heavy atom. The fourth-order valence-electron chi connectivity index (χ4n) is 2.69. The van der Waals surface area contributed by atoms with Crippen molar-refractivity contribution in [2.75, 3.05) is 0 Å². The molecule has 0 atom stereocenters. The molecule has 3 aromatic rings. The first-order valence-electron chi connectivity index (χ1n) is 8.83. The normalized spacial score (nSPS) is 14.6. The third-order valence-corrected chi connectivity index (χ3v) is 4.99. The second-order valence-electron chi connectivity index (χ2n) is 6.33. The van der Waals surface area contributed by atoms with Crippen LogP contribution in [0.15, 0.2) is 88.0 Å². The van der Waals surface area contributed by atoms with Crippen LogP contribution in [0, 0.1) is 0 Å². The van der Waals surface area contributed by atoms with Crippen molar-refractivity contribution in [1.29, 1.82) is 0 Å². The highest BCUT2D eigenvalue weighted by Crippen LogP contribution is 2.22. The molecule has 1 heterocycles. The Labute approximate surface area is 181 Å². The van der Waals surface area contributed by atoms with Crippen molar-refractivity contribution < 1.29 is 14.3 Å². The standard InChI is InChI=1S/C23H15BrClNO3/c24-18-7-1-16(2-8-18)14-28-20-11-3-15(4-12-20)13-21-23(27)29-22(26-21)17-5-9-19(25)10-6-17/h1-13H,14H2. The summed E-state index contributed by atoms with van der Waals surface area (Å²) >= 11 is 9.30. The number of rotatable bonds is 5. The maximum absolute atomic E-state index is 12.1. The topological polar surface area (TPSA) is 47.9 Å². The molecule has 0 spiro atoms. The van der Waals surface area contributed by atoms with Crippen LogP contribution in [0.3, 0.4) is 0 Å². The van der Waals surface area contributed by atoms with Crippen molar-refractivity contribution >= 4 is 45.5 Å². The van der Waals surface area contributed by atoms with Gasteiger partial charge in [-0.25, -0.2) is 9.79 Å². The number of benzene rings is 3. The molecule has 144 valence electrons. The van der Waals surface area contributed by atoms with Gasteiger partial charge in [0.15, 0.2) is 5.70 Å². The highest BCUT2D eigenvalue weighted by atomic mass is 79.9. The number of ether oxygens (including phenoxy) is 2. The molecule has 29 heavy (non-hydrogen) atoms. The number of nitrogens with zero attached hydrogens (tertiary/aromatic N) is 1.